The predicted octanol–water partition coefficient (Wildman–Crippen LogP) is 0.517. The predicted molar refractivity (Wildman–Crippen MR) is 72.9 cm³/mol. The second kappa shape index (κ2) is 7.22. The Kier molecular flexibility index (Phi) is 5.60. The van der Waals surface area contributed by atoms with Crippen LogP contribution in [0.1, 0.15) is 39.0 Å². The highest BCUT2D eigenvalue weighted by Gasteiger charge is 2.27. The van der Waals surface area contributed by atoms with Crippen LogP contribution in [0, 0.1) is 0 Å². The van der Waals surface area contributed by atoms with Crippen LogP contribution in [0.5, 0.6) is 0 Å². The van der Waals surface area contributed by atoms with Crippen molar-refractivity contribution in [2.75, 3.05) is 26.2 Å². The Bertz CT molecular complexity index is 290. The Balaban J connectivity index is 1.68. The Morgan fingerprint density at radius 1 is 1.47 bits per heavy atom. The van der Waals surface area contributed by atoms with Gasteiger partial charge >= 0.3 is 0 Å². The first-order valence-electron chi connectivity index (χ1n) is 7.45. The molecule has 110 valence electrons. The van der Waals surface area contributed by atoms with Crippen LogP contribution in [0.25, 0.3) is 0 Å². The fourth-order valence-electron chi connectivity index (χ4n) is 3.04. The van der Waals surface area contributed by atoms with E-state index in [0.717, 1.165) is 45.3 Å². The molecule has 2 saturated heterocycles. The minimum atomic E-state index is -0.291. The van der Waals surface area contributed by atoms with Crippen molar-refractivity contribution in [3.05, 3.63) is 0 Å². The molecule has 0 spiro atoms. The van der Waals surface area contributed by atoms with Crippen molar-refractivity contribution in [1.82, 2.24) is 10.2 Å². The summed E-state index contributed by atoms with van der Waals surface area (Å²) in [5.41, 5.74) is 0. The normalized spacial score (nSPS) is 29.6. The van der Waals surface area contributed by atoms with E-state index in [4.69, 9.17) is 4.74 Å². The minimum absolute atomic E-state index is 0.0768. The van der Waals surface area contributed by atoms with Gasteiger partial charge in [-0.05, 0) is 45.6 Å². The highest BCUT2D eigenvalue weighted by Crippen LogP contribution is 2.20. The molecule has 3 unspecified atom stereocenters. The molecule has 0 radical (unpaired) electrons. The lowest BCUT2D eigenvalue weighted by Gasteiger charge is -2.25. The molecule has 5 heteroatoms. The van der Waals surface area contributed by atoms with Crippen molar-refractivity contribution in [2.45, 2.75) is 57.3 Å². The summed E-state index contributed by atoms with van der Waals surface area (Å²) >= 11 is 0. The van der Waals surface area contributed by atoms with Crippen LogP contribution in [0.4, 0.5) is 0 Å². The number of rotatable bonds is 6. The summed E-state index contributed by atoms with van der Waals surface area (Å²) in [6, 6.07) is 0.355. The number of aliphatic hydroxyl groups is 1. The zero-order valence-electron chi connectivity index (χ0n) is 11.8. The number of ether oxygens (including phenoxy) is 1. The van der Waals surface area contributed by atoms with Crippen LogP contribution < -0.4 is 5.32 Å². The fraction of sp³-hybridized carbons (Fsp3) is 0.929. The van der Waals surface area contributed by atoms with Gasteiger partial charge in [-0.1, -0.05) is 0 Å². The van der Waals surface area contributed by atoms with Gasteiger partial charge in [0.15, 0.2) is 0 Å². The number of nitrogens with zero attached hydrogens (tertiary/aromatic N) is 1. The first-order valence-corrected chi connectivity index (χ1v) is 7.45. The Morgan fingerprint density at radius 2 is 2.32 bits per heavy atom. The van der Waals surface area contributed by atoms with E-state index in [9.17, 15) is 9.90 Å². The van der Waals surface area contributed by atoms with Crippen molar-refractivity contribution in [2.24, 2.45) is 0 Å². The summed E-state index contributed by atoms with van der Waals surface area (Å²) in [6.07, 6.45) is 5.04. The molecule has 2 heterocycles. The van der Waals surface area contributed by atoms with Gasteiger partial charge in [0.2, 0.25) is 5.91 Å². The van der Waals surface area contributed by atoms with Gasteiger partial charge in [-0.3, -0.25) is 9.69 Å². The van der Waals surface area contributed by atoms with E-state index < -0.39 is 0 Å². The van der Waals surface area contributed by atoms with Crippen LogP contribution in [0.3, 0.4) is 0 Å². The maximum Gasteiger partial charge on any atom is 0.234 e. The van der Waals surface area contributed by atoms with Gasteiger partial charge in [-0.15, -0.1) is 0 Å². The second-order valence-corrected chi connectivity index (χ2v) is 5.79. The van der Waals surface area contributed by atoms with Crippen LogP contribution in [-0.4, -0.2) is 60.4 Å². The van der Waals surface area contributed by atoms with Gasteiger partial charge in [-0.2, -0.15) is 0 Å². The van der Waals surface area contributed by atoms with Gasteiger partial charge in [0, 0.05) is 19.2 Å². The van der Waals surface area contributed by atoms with Gasteiger partial charge in [-0.25, -0.2) is 0 Å². The molecule has 0 saturated carbocycles. The van der Waals surface area contributed by atoms with Crippen LogP contribution in [-0.2, 0) is 9.53 Å². The molecule has 2 aliphatic heterocycles. The quantitative estimate of drug-likeness (QED) is 0.738. The zero-order valence-corrected chi connectivity index (χ0v) is 11.8. The smallest absolute Gasteiger partial charge is 0.234 e. The number of carbonyl (C=O) groups excluding carboxylic acids is 1. The summed E-state index contributed by atoms with van der Waals surface area (Å²) in [6.45, 7) is 4.68. The molecule has 0 bridgehead atoms. The molecule has 2 fully saturated rings. The molecular weight excluding hydrogens is 244 g/mol. The van der Waals surface area contributed by atoms with Crippen molar-refractivity contribution < 1.29 is 14.6 Å². The van der Waals surface area contributed by atoms with Crippen molar-refractivity contribution in [3.8, 4) is 0 Å². The van der Waals surface area contributed by atoms with Crippen LogP contribution >= 0.6 is 0 Å². The molecular formula is C14H26N2O3. The molecule has 19 heavy (non-hydrogen) atoms. The largest absolute Gasteiger partial charge is 0.393 e. The summed E-state index contributed by atoms with van der Waals surface area (Å²) in [7, 11) is 0. The Labute approximate surface area is 115 Å². The SMILES string of the molecule is CC(O)CC1CCCN1CC(=O)NCC1CCCO1. The third kappa shape index (κ3) is 4.75. The maximum absolute atomic E-state index is 11.9. The molecule has 1 amide bonds. The average molecular weight is 270 g/mol. The second-order valence-electron chi connectivity index (χ2n) is 5.79. The van der Waals surface area contributed by atoms with Gasteiger partial charge < -0.3 is 15.2 Å². The lowest BCUT2D eigenvalue weighted by molar-refractivity contribution is -0.123. The molecule has 2 aliphatic rings. The first kappa shape index (κ1) is 14.8. The molecule has 0 aliphatic carbocycles. The lowest BCUT2D eigenvalue weighted by atomic mass is 10.1. The summed E-state index contributed by atoms with van der Waals surface area (Å²) in [5.74, 6) is 0.0768. The molecule has 3 atom stereocenters. The van der Waals surface area contributed by atoms with E-state index in [0.29, 0.717) is 19.1 Å². The lowest BCUT2D eigenvalue weighted by Crippen LogP contribution is -2.42. The Morgan fingerprint density at radius 3 is 3.00 bits per heavy atom. The summed E-state index contributed by atoms with van der Waals surface area (Å²) in [5, 5.41) is 12.4. The first-order chi connectivity index (χ1) is 9.15. The molecule has 0 aromatic carbocycles. The van der Waals surface area contributed by atoms with E-state index in [-0.39, 0.29) is 18.1 Å². The topological polar surface area (TPSA) is 61.8 Å². The van der Waals surface area contributed by atoms with Gasteiger partial charge in [0.05, 0.1) is 18.8 Å². The van der Waals surface area contributed by atoms with Gasteiger partial charge in [0.1, 0.15) is 0 Å². The standard InChI is InChI=1S/C14H26N2O3/c1-11(17)8-12-4-2-6-16(12)10-14(18)15-9-13-5-3-7-19-13/h11-13,17H,2-10H2,1H3,(H,15,18). The summed E-state index contributed by atoms with van der Waals surface area (Å²) in [4.78, 5) is 14.1. The fourth-order valence-corrected chi connectivity index (χ4v) is 3.04. The van der Waals surface area contributed by atoms with E-state index in [1.807, 2.05) is 6.92 Å². The number of hydrogen-bond donors (Lipinski definition) is 2. The minimum Gasteiger partial charge on any atom is -0.393 e. The number of aliphatic hydroxyl groups excluding tert-OH is 1. The number of hydrogen-bond acceptors (Lipinski definition) is 4. The summed E-state index contributed by atoms with van der Waals surface area (Å²) < 4.78 is 5.49. The highest BCUT2D eigenvalue weighted by molar-refractivity contribution is 5.78. The van der Waals surface area contributed by atoms with E-state index in [1.54, 1.807) is 0 Å². The maximum atomic E-state index is 11.9. The van der Waals surface area contributed by atoms with Crippen molar-refractivity contribution in [3.63, 3.8) is 0 Å². The molecule has 0 aromatic heterocycles. The van der Waals surface area contributed by atoms with Crippen LogP contribution in [0.15, 0.2) is 0 Å². The molecule has 5 nitrogen and oxygen atoms in total. The monoisotopic (exact) mass is 270 g/mol. The molecule has 0 aromatic rings. The van der Waals surface area contributed by atoms with Crippen LogP contribution in [0.2, 0.25) is 0 Å². The van der Waals surface area contributed by atoms with Crippen molar-refractivity contribution in [1.29, 1.82) is 0 Å². The third-order valence-corrected chi connectivity index (χ3v) is 4.01. The zero-order chi connectivity index (χ0) is 13.7. The number of likely N-dealkylation sites (tertiary alicyclic amines) is 1. The average Bonchev–Trinajstić information content (AvgIpc) is 2.98. The van der Waals surface area contributed by atoms with E-state index in [1.165, 1.54) is 0 Å². The number of carbonyl (C=O) groups is 1. The van der Waals surface area contributed by atoms with Crippen molar-refractivity contribution >= 4 is 5.91 Å². The molecule has 2 rings (SSSR count). The number of nitrogens with one attached hydrogen (secondary N) is 1. The van der Waals surface area contributed by atoms with E-state index >= 15 is 0 Å². The Hall–Kier alpha value is -0.650. The van der Waals surface area contributed by atoms with E-state index in [2.05, 4.69) is 10.2 Å². The highest BCUT2D eigenvalue weighted by atomic mass is 16.5. The third-order valence-electron chi connectivity index (χ3n) is 4.01. The number of amides is 1. The van der Waals surface area contributed by atoms with Gasteiger partial charge in [0.25, 0.3) is 0 Å². The molecule has 2 N–H and O–H groups in total.